The maximum absolute atomic E-state index is 13.5. The highest BCUT2D eigenvalue weighted by Crippen LogP contribution is 2.28. The van der Waals surface area contributed by atoms with Crippen LogP contribution in [0.5, 0.6) is 0 Å². The van der Waals surface area contributed by atoms with Crippen molar-refractivity contribution in [2.75, 3.05) is 4.90 Å². The molecule has 1 aromatic heterocycles. The highest BCUT2D eigenvalue weighted by Gasteiger charge is 2.29. The lowest BCUT2D eigenvalue weighted by molar-refractivity contribution is 0.0969. The first-order chi connectivity index (χ1) is 11.6. The van der Waals surface area contributed by atoms with Crippen molar-refractivity contribution in [2.24, 2.45) is 0 Å². The fourth-order valence-corrected chi connectivity index (χ4v) is 3.25. The van der Waals surface area contributed by atoms with Crippen LogP contribution in [0.4, 0.5) is 10.2 Å². The third-order valence-electron chi connectivity index (χ3n) is 4.43. The second kappa shape index (κ2) is 7.26. The molecule has 126 valence electrons. The number of anilines is 1. The Labute approximate surface area is 145 Å². The van der Waals surface area contributed by atoms with Crippen LogP contribution in [-0.2, 0) is 0 Å². The van der Waals surface area contributed by atoms with E-state index in [-0.39, 0.29) is 22.9 Å². The van der Waals surface area contributed by atoms with Gasteiger partial charge in [-0.15, -0.1) is 10.2 Å². The first kappa shape index (κ1) is 16.8. The first-order valence-electron chi connectivity index (χ1n) is 8.15. The van der Waals surface area contributed by atoms with Crippen LogP contribution < -0.4 is 4.90 Å². The van der Waals surface area contributed by atoms with E-state index in [9.17, 15) is 9.18 Å². The first-order valence-corrected chi connectivity index (χ1v) is 8.53. The molecule has 1 aromatic carbocycles. The minimum absolute atomic E-state index is 0.0760. The Bertz CT molecular complexity index is 730. The molecule has 0 spiro atoms. The Morgan fingerprint density at radius 1 is 1.17 bits per heavy atom. The van der Waals surface area contributed by atoms with Gasteiger partial charge in [-0.1, -0.05) is 30.9 Å². The predicted octanol–water partition coefficient (Wildman–Crippen LogP) is 4.56. The Morgan fingerprint density at radius 2 is 1.92 bits per heavy atom. The molecule has 1 saturated carbocycles. The number of carbonyl (C=O) groups excluding carboxylic acids is 1. The van der Waals surface area contributed by atoms with Crippen molar-refractivity contribution >= 4 is 23.3 Å². The molecule has 4 nitrogen and oxygen atoms in total. The van der Waals surface area contributed by atoms with Crippen LogP contribution in [0.2, 0.25) is 5.15 Å². The molecule has 3 rings (SSSR count). The summed E-state index contributed by atoms with van der Waals surface area (Å²) in [7, 11) is 0. The molecule has 0 N–H and O–H groups in total. The summed E-state index contributed by atoms with van der Waals surface area (Å²) in [6.07, 6.45) is 5.20. The van der Waals surface area contributed by atoms with Crippen LogP contribution in [0.1, 0.15) is 48.0 Å². The van der Waals surface area contributed by atoms with Crippen molar-refractivity contribution in [1.82, 2.24) is 10.2 Å². The van der Waals surface area contributed by atoms with Crippen molar-refractivity contribution in [3.63, 3.8) is 0 Å². The van der Waals surface area contributed by atoms with Gasteiger partial charge in [0.1, 0.15) is 5.82 Å². The van der Waals surface area contributed by atoms with E-state index in [2.05, 4.69) is 10.2 Å². The van der Waals surface area contributed by atoms with E-state index in [0.717, 1.165) is 25.7 Å². The van der Waals surface area contributed by atoms with Crippen molar-refractivity contribution < 1.29 is 9.18 Å². The number of carbonyl (C=O) groups is 1. The number of nitrogens with zero attached hydrogens (tertiary/aromatic N) is 3. The highest BCUT2D eigenvalue weighted by atomic mass is 35.5. The molecule has 0 aliphatic heterocycles. The molecule has 1 aliphatic rings. The number of aryl methyl sites for hydroxylation is 1. The number of amides is 1. The molecular weight excluding hydrogens is 329 g/mol. The van der Waals surface area contributed by atoms with Crippen molar-refractivity contribution in [1.29, 1.82) is 0 Å². The summed E-state index contributed by atoms with van der Waals surface area (Å²) in [5.41, 5.74) is 0.905. The van der Waals surface area contributed by atoms with Crippen LogP contribution in [0.15, 0.2) is 30.3 Å². The lowest BCUT2D eigenvalue weighted by Gasteiger charge is -2.33. The molecule has 1 fully saturated rings. The zero-order chi connectivity index (χ0) is 17.1. The number of halogens is 2. The maximum Gasteiger partial charge on any atom is 0.259 e. The summed E-state index contributed by atoms with van der Waals surface area (Å²) in [6.45, 7) is 1.65. The van der Waals surface area contributed by atoms with Crippen LogP contribution in [-0.4, -0.2) is 22.1 Å². The Morgan fingerprint density at radius 3 is 2.54 bits per heavy atom. The molecule has 2 aromatic rings. The number of hydrogen-bond donors (Lipinski definition) is 0. The average molecular weight is 348 g/mol. The van der Waals surface area contributed by atoms with Gasteiger partial charge in [-0.25, -0.2) is 4.39 Å². The van der Waals surface area contributed by atoms with E-state index in [0.29, 0.717) is 16.9 Å². The normalized spacial score (nSPS) is 15.3. The topological polar surface area (TPSA) is 46.1 Å². The standard InChI is InChI=1S/C18H19ClFN3O/c1-12-11-13(7-8-15(12)20)18(24)23(14-5-3-2-4-6-14)17-10-9-16(19)21-22-17/h7-11,14H,2-6H2,1H3. The Balaban J connectivity index is 1.97. The van der Waals surface area contributed by atoms with Gasteiger partial charge in [0.15, 0.2) is 11.0 Å². The summed E-state index contributed by atoms with van der Waals surface area (Å²) < 4.78 is 13.5. The molecule has 0 unspecified atom stereocenters. The predicted molar refractivity (Wildman–Crippen MR) is 91.9 cm³/mol. The smallest absolute Gasteiger partial charge is 0.259 e. The third-order valence-corrected chi connectivity index (χ3v) is 4.63. The Kier molecular flexibility index (Phi) is 5.09. The van der Waals surface area contributed by atoms with E-state index in [1.807, 2.05) is 0 Å². The number of aromatic nitrogens is 2. The third kappa shape index (κ3) is 3.56. The van der Waals surface area contributed by atoms with E-state index in [4.69, 9.17) is 11.6 Å². The summed E-state index contributed by atoms with van der Waals surface area (Å²) in [5, 5.41) is 8.24. The van der Waals surface area contributed by atoms with Gasteiger partial charge in [-0.2, -0.15) is 0 Å². The summed E-state index contributed by atoms with van der Waals surface area (Å²) in [4.78, 5) is 14.8. The van der Waals surface area contributed by atoms with Gasteiger partial charge in [0.2, 0.25) is 0 Å². The van der Waals surface area contributed by atoms with E-state index in [1.54, 1.807) is 30.0 Å². The second-order valence-corrected chi connectivity index (χ2v) is 6.53. The van der Waals surface area contributed by atoms with Crippen LogP contribution >= 0.6 is 11.6 Å². The molecule has 24 heavy (non-hydrogen) atoms. The number of rotatable bonds is 3. The molecule has 1 amide bonds. The van der Waals surface area contributed by atoms with Gasteiger partial charge >= 0.3 is 0 Å². The lowest BCUT2D eigenvalue weighted by atomic mass is 9.93. The highest BCUT2D eigenvalue weighted by molar-refractivity contribution is 6.29. The van der Waals surface area contributed by atoms with E-state index in [1.165, 1.54) is 18.6 Å². The minimum atomic E-state index is -0.318. The fourth-order valence-electron chi connectivity index (χ4n) is 3.15. The lowest BCUT2D eigenvalue weighted by Crippen LogP contribution is -2.42. The van der Waals surface area contributed by atoms with Gasteiger partial charge in [0.25, 0.3) is 5.91 Å². The van der Waals surface area contributed by atoms with Crippen LogP contribution in [0, 0.1) is 12.7 Å². The molecule has 6 heteroatoms. The molecule has 0 radical (unpaired) electrons. The quantitative estimate of drug-likeness (QED) is 0.817. The van der Waals surface area contributed by atoms with Crippen LogP contribution in [0.25, 0.3) is 0 Å². The van der Waals surface area contributed by atoms with E-state index >= 15 is 0 Å². The van der Waals surface area contributed by atoms with Gasteiger partial charge in [-0.3, -0.25) is 9.69 Å². The van der Waals surface area contributed by atoms with Crippen molar-refractivity contribution in [2.45, 2.75) is 45.1 Å². The monoisotopic (exact) mass is 347 g/mol. The average Bonchev–Trinajstić information content (AvgIpc) is 2.60. The van der Waals surface area contributed by atoms with Crippen molar-refractivity contribution in [3.8, 4) is 0 Å². The fraction of sp³-hybridized carbons (Fsp3) is 0.389. The summed E-state index contributed by atoms with van der Waals surface area (Å²) in [6, 6.07) is 7.84. The number of benzene rings is 1. The Hall–Kier alpha value is -2.01. The molecule has 0 saturated heterocycles. The van der Waals surface area contributed by atoms with Gasteiger partial charge in [0, 0.05) is 11.6 Å². The van der Waals surface area contributed by atoms with Crippen LogP contribution in [0.3, 0.4) is 0 Å². The molecular formula is C18H19ClFN3O. The molecule has 0 bridgehead atoms. The van der Waals surface area contributed by atoms with Gasteiger partial charge < -0.3 is 0 Å². The minimum Gasteiger partial charge on any atom is -0.288 e. The summed E-state index contributed by atoms with van der Waals surface area (Å²) >= 11 is 5.82. The number of hydrogen-bond acceptors (Lipinski definition) is 3. The SMILES string of the molecule is Cc1cc(C(=O)N(c2ccc(Cl)nn2)C2CCCCC2)ccc1F. The summed E-state index contributed by atoms with van der Waals surface area (Å²) in [5.74, 6) is -0.0121. The van der Waals surface area contributed by atoms with Crippen molar-refractivity contribution in [3.05, 3.63) is 52.4 Å². The molecule has 1 heterocycles. The zero-order valence-electron chi connectivity index (χ0n) is 13.5. The molecule has 0 atom stereocenters. The largest absolute Gasteiger partial charge is 0.288 e. The zero-order valence-corrected chi connectivity index (χ0v) is 14.3. The molecule has 1 aliphatic carbocycles. The maximum atomic E-state index is 13.5. The van der Waals surface area contributed by atoms with Gasteiger partial charge in [0.05, 0.1) is 0 Å². The second-order valence-electron chi connectivity index (χ2n) is 6.15. The van der Waals surface area contributed by atoms with E-state index < -0.39 is 0 Å². The van der Waals surface area contributed by atoms with Gasteiger partial charge in [-0.05, 0) is 55.7 Å².